The van der Waals surface area contributed by atoms with Gasteiger partial charge in [-0.3, -0.25) is 0 Å². The highest BCUT2D eigenvalue weighted by Crippen LogP contribution is 2.17. The van der Waals surface area contributed by atoms with Gasteiger partial charge < -0.3 is 14.8 Å². The summed E-state index contributed by atoms with van der Waals surface area (Å²) in [4.78, 5) is 13.1. The Labute approximate surface area is 116 Å². The zero-order valence-electron chi connectivity index (χ0n) is 10.3. The van der Waals surface area contributed by atoms with Gasteiger partial charge >= 0.3 is 0 Å². The zero-order chi connectivity index (χ0) is 13.0. The Kier molecular flexibility index (Phi) is 4.78. The van der Waals surface area contributed by atoms with Crippen molar-refractivity contribution in [2.75, 3.05) is 19.6 Å². The molecule has 1 aliphatic heterocycles. The molecular formula is C14H17BrNO2-. The SMILES string of the molecule is O=C([O-])C1CCN(CCc2ccc(Br)cc2)CC1. The Bertz CT molecular complexity index is 397. The van der Waals surface area contributed by atoms with Crippen LogP contribution >= 0.6 is 15.9 Å². The summed E-state index contributed by atoms with van der Waals surface area (Å²) in [5.41, 5.74) is 1.32. The van der Waals surface area contributed by atoms with E-state index in [-0.39, 0.29) is 5.92 Å². The Morgan fingerprint density at radius 2 is 1.89 bits per heavy atom. The minimum absolute atomic E-state index is 0.242. The van der Waals surface area contributed by atoms with Gasteiger partial charge in [-0.15, -0.1) is 0 Å². The molecular weight excluding hydrogens is 294 g/mol. The second kappa shape index (κ2) is 6.34. The van der Waals surface area contributed by atoms with Crippen molar-refractivity contribution in [3.63, 3.8) is 0 Å². The molecule has 1 saturated heterocycles. The van der Waals surface area contributed by atoms with Gasteiger partial charge in [-0.05, 0) is 50.0 Å². The first-order chi connectivity index (χ1) is 8.65. The van der Waals surface area contributed by atoms with E-state index in [2.05, 4.69) is 45.1 Å². The molecule has 0 bridgehead atoms. The van der Waals surface area contributed by atoms with Gasteiger partial charge in [0.1, 0.15) is 0 Å². The molecule has 0 N–H and O–H groups in total. The normalized spacial score (nSPS) is 17.8. The molecule has 1 aromatic rings. The number of nitrogens with zero attached hydrogens (tertiary/aromatic N) is 1. The minimum atomic E-state index is -0.887. The first kappa shape index (κ1) is 13.6. The molecule has 0 atom stereocenters. The largest absolute Gasteiger partial charge is 0.550 e. The number of piperidine rings is 1. The molecule has 0 spiro atoms. The fraction of sp³-hybridized carbons (Fsp3) is 0.500. The van der Waals surface area contributed by atoms with Crippen LogP contribution in [0.1, 0.15) is 18.4 Å². The summed E-state index contributed by atoms with van der Waals surface area (Å²) >= 11 is 3.42. The molecule has 1 heterocycles. The summed E-state index contributed by atoms with van der Waals surface area (Å²) < 4.78 is 1.10. The second-order valence-corrected chi connectivity index (χ2v) is 5.73. The third-order valence-corrected chi connectivity index (χ3v) is 4.08. The van der Waals surface area contributed by atoms with E-state index in [0.29, 0.717) is 0 Å². The van der Waals surface area contributed by atoms with Gasteiger partial charge in [0.05, 0.1) is 0 Å². The quantitative estimate of drug-likeness (QED) is 0.845. The van der Waals surface area contributed by atoms with Crippen molar-refractivity contribution in [1.29, 1.82) is 0 Å². The smallest absolute Gasteiger partial charge is 0.0446 e. The number of carbonyl (C=O) groups excluding carboxylic acids is 1. The summed E-state index contributed by atoms with van der Waals surface area (Å²) in [6, 6.07) is 8.35. The first-order valence-corrected chi connectivity index (χ1v) is 7.12. The molecule has 1 fully saturated rings. The Morgan fingerprint density at radius 1 is 1.28 bits per heavy atom. The van der Waals surface area contributed by atoms with Gasteiger partial charge in [0.25, 0.3) is 0 Å². The molecule has 0 aliphatic carbocycles. The molecule has 0 aromatic heterocycles. The molecule has 3 nitrogen and oxygen atoms in total. The van der Waals surface area contributed by atoms with Crippen LogP contribution in [0.2, 0.25) is 0 Å². The molecule has 0 amide bonds. The summed E-state index contributed by atoms with van der Waals surface area (Å²) in [6.45, 7) is 2.74. The standard InChI is InChI=1S/C14H18BrNO2/c15-13-3-1-11(2-4-13)5-8-16-9-6-12(7-10-16)14(17)18/h1-4,12H,5-10H2,(H,17,18)/p-1. The third kappa shape index (κ3) is 3.82. The Hall–Kier alpha value is -0.870. The maximum Gasteiger partial charge on any atom is 0.0446 e. The monoisotopic (exact) mass is 310 g/mol. The van der Waals surface area contributed by atoms with Crippen LogP contribution in [0.4, 0.5) is 0 Å². The number of hydrogen-bond acceptors (Lipinski definition) is 3. The highest BCUT2D eigenvalue weighted by molar-refractivity contribution is 9.10. The number of aliphatic carboxylic acids is 1. The Balaban J connectivity index is 1.75. The minimum Gasteiger partial charge on any atom is -0.550 e. The van der Waals surface area contributed by atoms with Crippen LogP contribution in [0.15, 0.2) is 28.7 Å². The average Bonchev–Trinajstić information content (AvgIpc) is 2.38. The van der Waals surface area contributed by atoms with Crippen LogP contribution in [0.3, 0.4) is 0 Å². The molecule has 0 saturated carbocycles. The van der Waals surface area contributed by atoms with Crippen molar-refractivity contribution in [3.05, 3.63) is 34.3 Å². The van der Waals surface area contributed by atoms with E-state index in [0.717, 1.165) is 43.4 Å². The van der Waals surface area contributed by atoms with Gasteiger partial charge in [0.15, 0.2) is 0 Å². The second-order valence-electron chi connectivity index (χ2n) is 4.81. The van der Waals surface area contributed by atoms with Gasteiger partial charge in [-0.1, -0.05) is 28.1 Å². The number of carbonyl (C=O) groups is 1. The van der Waals surface area contributed by atoms with E-state index in [9.17, 15) is 9.90 Å². The lowest BCUT2D eigenvalue weighted by molar-refractivity contribution is -0.312. The fourth-order valence-corrected chi connectivity index (χ4v) is 2.59. The number of carboxylic acid groups (broad SMARTS) is 1. The van der Waals surface area contributed by atoms with E-state index >= 15 is 0 Å². The summed E-state index contributed by atoms with van der Waals surface area (Å²) in [6.07, 6.45) is 2.47. The molecule has 0 unspecified atom stereocenters. The van der Waals surface area contributed by atoms with Crippen LogP contribution < -0.4 is 5.11 Å². The van der Waals surface area contributed by atoms with Crippen LogP contribution in [-0.4, -0.2) is 30.5 Å². The van der Waals surface area contributed by atoms with Crippen LogP contribution in [0.25, 0.3) is 0 Å². The maximum atomic E-state index is 10.7. The number of likely N-dealkylation sites (tertiary alicyclic amines) is 1. The molecule has 1 aromatic carbocycles. The average molecular weight is 311 g/mol. The number of rotatable bonds is 4. The van der Waals surface area contributed by atoms with E-state index in [4.69, 9.17) is 0 Å². The number of hydrogen-bond donors (Lipinski definition) is 0. The van der Waals surface area contributed by atoms with Gasteiger partial charge in [0.2, 0.25) is 0 Å². The van der Waals surface area contributed by atoms with Crippen molar-refractivity contribution in [1.82, 2.24) is 4.90 Å². The van der Waals surface area contributed by atoms with E-state index in [1.807, 2.05) is 0 Å². The number of halogens is 1. The zero-order valence-corrected chi connectivity index (χ0v) is 11.9. The first-order valence-electron chi connectivity index (χ1n) is 6.33. The number of carboxylic acids is 1. The third-order valence-electron chi connectivity index (χ3n) is 3.55. The topological polar surface area (TPSA) is 43.4 Å². The van der Waals surface area contributed by atoms with Crippen molar-refractivity contribution in [3.8, 4) is 0 Å². The van der Waals surface area contributed by atoms with Gasteiger partial charge in [0, 0.05) is 22.9 Å². The lowest BCUT2D eigenvalue weighted by atomic mass is 9.97. The predicted octanol–water partition coefficient (Wildman–Crippen LogP) is 1.45. The number of benzene rings is 1. The fourth-order valence-electron chi connectivity index (χ4n) is 2.33. The Morgan fingerprint density at radius 3 is 2.44 bits per heavy atom. The van der Waals surface area contributed by atoms with Crippen LogP contribution in [0, 0.1) is 5.92 Å². The van der Waals surface area contributed by atoms with Crippen molar-refractivity contribution in [2.45, 2.75) is 19.3 Å². The molecule has 18 heavy (non-hydrogen) atoms. The van der Waals surface area contributed by atoms with Crippen LogP contribution in [-0.2, 0) is 11.2 Å². The van der Waals surface area contributed by atoms with Crippen molar-refractivity contribution in [2.24, 2.45) is 5.92 Å². The van der Waals surface area contributed by atoms with Crippen molar-refractivity contribution < 1.29 is 9.90 Å². The molecule has 0 radical (unpaired) electrons. The summed E-state index contributed by atoms with van der Waals surface area (Å²) in [5.74, 6) is -1.13. The highest BCUT2D eigenvalue weighted by Gasteiger charge is 2.19. The lowest BCUT2D eigenvalue weighted by Gasteiger charge is -2.32. The molecule has 98 valence electrons. The van der Waals surface area contributed by atoms with E-state index in [1.54, 1.807) is 0 Å². The lowest BCUT2D eigenvalue weighted by Crippen LogP contribution is -2.41. The predicted molar refractivity (Wildman–Crippen MR) is 72.0 cm³/mol. The van der Waals surface area contributed by atoms with Gasteiger partial charge in [-0.2, -0.15) is 0 Å². The summed E-state index contributed by atoms with van der Waals surface area (Å²) in [7, 11) is 0. The molecule has 1 aliphatic rings. The summed E-state index contributed by atoms with van der Waals surface area (Å²) in [5, 5.41) is 10.7. The van der Waals surface area contributed by atoms with Crippen LogP contribution in [0.5, 0.6) is 0 Å². The van der Waals surface area contributed by atoms with E-state index in [1.165, 1.54) is 5.56 Å². The van der Waals surface area contributed by atoms with E-state index < -0.39 is 5.97 Å². The molecule has 2 rings (SSSR count). The highest BCUT2D eigenvalue weighted by atomic mass is 79.9. The maximum absolute atomic E-state index is 10.7. The van der Waals surface area contributed by atoms with Crippen molar-refractivity contribution >= 4 is 21.9 Å². The van der Waals surface area contributed by atoms with Gasteiger partial charge in [-0.25, -0.2) is 0 Å². The molecule has 4 heteroatoms.